The molecule has 19 heteroatoms. The van der Waals surface area contributed by atoms with Gasteiger partial charge in [-0.15, -0.1) is 0 Å². The molecule has 10 rings (SSSR count). The van der Waals surface area contributed by atoms with Gasteiger partial charge in [0.05, 0.1) is 35.9 Å². The van der Waals surface area contributed by atoms with Gasteiger partial charge in [0.15, 0.2) is 11.4 Å². The van der Waals surface area contributed by atoms with E-state index < -0.39 is 14.0 Å². The number of hydrogen-bond donors (Lipinski definition) is 4. The third-order valence-corrected chi connectivity index (χ3v) is 17.2. The van der Waals surface area contributed by atoms with Gasteiger partial charge in [0.1, 0.15) is 6.73 Å². The van der Waals surface area contributed by atoms with E-state index in [-0.39, 0.29) is 34.5 Å². The van der Waals surface area contributed by atoms with Crippen LogP contribution in [0.2, 0.25) is 35.7 Å². The smallest absolute Gasteiger partial charge is 0.356 e. The highest BCUT2D eigenvalue weighted by Crippen LogP contribution is 2.39. The number of nitrogens with one attached hydrogen (secondary N) is 2. The molecule has 0 radical (unpaired) electrons. The lowest BCUT2D eigenvalue weighted by molar-refractivity contribution is 0.0526. The molecular weight excluding hydrogens is 1010 g/mol. The number of aromatic nitrogens is 8. The molecule has 5 N–H and O–H groups in total. The van der Waals surface area contributed by atoms with Crippen molar-refractivity contribution in [3.05, 3.63) is 128 Å². The van der Waals surface area contributed by atoms with E-state index in [4.69, 9.17) is 43.1 Å². The van der Waals surface area contributed by atoms with Crippen LogP contribution in [0.4, 0.5) is 11.4 Å². The number of nitrogen functional groups attached to an aromatic ring is 1. The summed E-state index contributed by atoms with van der Waals surface area (Å²) in [6, 6.07) is 17.2. The van der Waals surface area contributed by atoms with Crippen molar-refractivity contribution in [3.8, 4) is 0 Å². The van der Waals surface area contributed by atoms with E-state index in [0.717, 1.165) is 136 Å². The van der Waals surface area contributed by atoms with Gasteiger partial charge >= 0.3 is 5.97 Å². The molecule has 2 aliphatic carbocycles. The summed E-state index contributed by atoms with van der Waals surface area (Å²) < 4.78 is 22.5. The number of hydrogen-bond acceptors (Lipinski definition) is 10. The zero-order chi connectivity index (χ0) is 53.5. The molecule has 0 bridgehead atoms. The van der Waals surface area contributed by atoms with Crippen molar-refractivity contribution in [2.75, 3.05) is 44.1 Å². The predicted molar refractivity (Wildman–Crippen MR) is 297 cm³/mol. The number of H-pyrrole nitrogens is 1. The Morgan fingerprint density at radius 2 is 1.39 bits per heavy atom. The molecule has 2 aromatic carbocycles. The number of benzene rings is 2. The van der Waals surface area contributed by atoms with Gasteiger partial charge in [0.25, 0.3) is 5.91 Å². The standard InChI is InChI=1S/C25H30ClN5O2.C16H28N2O3Si.C15H18ClN3O/c1-25(2)9-6-20-21(13-25)29-30-22(20)24(32)28-19-14-27-31(15-19)23(16-7-10-33-11-8-16)17-4-3-5-18(26)12-17;1-16(2)7-6-12-13(10-16)18(17-14(12)15(19)20)11-21-8-9-22(3,4)5;16-13-3-1-2-12(8-13)15(11-4-6-20-7-5-11)19-10-14(17)9-18-19/h3-5,12,14-16,23H,6-11,13H2,1-2H3,(H,28,32)(H,29,30);6-11H2,1-5H3,(H,19,20);1-3,8-11,15H,4-7,17H2. The minimum Gasteiger partial charge on any atom is -0.476 e. The number of carbonyl (C=O) groups is 2. The average molecular weight is 1080 g/mol. The third-order valence-electron chi connectivity index (χ3n) is 15.0. The number of anilines is 2. The number of carboxylic acids is 1. The maximum atomic E-state index is 13.0. The SMILES string of the molecule is CC1(C)CCc2c(C(=O)Nc3cnn(C(c4cccc(Cl)c4)C4CCOCC4)c3)n[nH]c2C1.CC1(C)CCc2c(C(=O)O)nn(COCC[Si](C)(C)C)c2C1.Nc1cnn(C(c2cccc(Cl)c2)C2CCOCC2)c1. The molecule has 16 nitrogen and oxygen atoms in total. The maximum absolute atomic E-state index is 13.0. The fourth-order valence-electron chi connectivity index (χ4n) is 10.8. The lowest BCUT2D eigenvalue weighted by Gasteiger charge is -2.31. The number of carbonyl (C=O) groups excluding carboxylic acids is 1. The molecule has 4 aromatic heterocycles. The minimum atomic E-state index is -1.11. The Kier molecular flexibility index (Phi) is 18.2. The monoisotopic (exact) mass is 1080 g/mol. The topological polar surface area (TPSA) is 202 Å². The molecule has 2 unspecified atom stereocenters. The summed E-state index contributed by atoms with van der Waals surface area (Å²) in [7, 11) is -1.11. The summed E-state index contributed by atoms with van der Waals surface area (Å²) in [5, 5.41) is 34.6. The lowest BCUT2D eigenvalue weighted by atomic mass is 9.76. The first-order valence-electron chi connectivity index (χ1n) is 26.5. The number of nitrogens with two attached hydrogens (primary N) is 1. The number of rotatable bonds is 14. The molecule has 4 aliphatic rings. The molecule has 1 amide bonds. The highest BCUT2D eigenvalue weighted by Gasteiger charge is 2.35. The fourth-order valence-corrected chi connectivity index (χ4v) is 12.0. The van der Waals surface area contributed by atoms with E-state index in [1.165, 1.54) is 5.56 Å². The second kappa shape index (κ2) is 24.4. The predicted octanol–water partition coefficient (Wildman–Crippen LogP) is 11.6. The summed E-state index contributed by atoms with van der Waals surface area (Å²) in [6.45, 7) is 20.1. The molecule has 0 spiro atoms. The Bertz CT molecular complexity index is 2870. The normalized spacial score (nSPS) is 18.3. The van der Waals surface area contributed by atoms with Crippen molar-refractivity contribution in [1.82, 2.24) is 39.5 Å². The molecule has 0 saturated carbocycles. The quantitative estimate of drug-likeness (QED) is 0.0597. The van der Waals surface area contributed by atoms with Crippen LogP contribution in [0, 0.1) is 22.7 Å². The van der Waals surface area contributed by atoms with Crippen molar-refractivity contribution in [3.63, 3.8) is 0 Å². The highest BCUT2D eigenvalue weighted by molar-refractivity contribution is 6.76. The lowest BCUT2D eigenvalue weighted by Crippen LogP contribution is -2.27. The van der Waals surface area contributed by atoms with E-state index in [2.05, 4.69) is 90.3 Å². The van der Waals surface area contributed by atoms with Crippen LogP contribution in [-0.2, 0) is 46.6 Å². The van der Waals surface area contributed by atoms with Crippen LogP contribution in [0.25, 0.3) is 0 Å². The zero-order valence-corrected chi connectivity index (χ0v) is 47.2. The summed E-state index contributed by atoms with van der Waals surface area (Å²) in [6.07, 6.45) is 16.6. The number of halogens is 2. The number of aromatic amines is 1. The summed E-state index contributed by atoms with van der Waals surface area (Å²) >= 11 is 12.4. The number of fused-ring (bicyclic) bond motifs is 2. The van der Waals surface area contributed by atoms with E-state index in [1.54, 1.807) is 17.1 Å². The van der Waals surface area contributed by atoms with E-state index >= 15 is 0 Å². The first-order chi connectivity index (χ1) is 35.7. The molecule has 2 saturated heterocycles. The average Bonchev–Trinajstić information content (AvgIpc) is 4.18. The molecule has 2 atom stereocenters. The fraction of sp³-hybridized carbons (Fsp3) is 0.536. The van der Waals surface area contributed by atoms with Crippen LogP contribution >= 0.6 is 23.2 Å². The Balaban J connectivity index is 0.000000156. The van der Waals surface area contributed by atoms with E-state index in [9.17, 15) is 14.7 Å². The van der Waals surface area contributed by atoms with Crippen LogP contribution in [0.5, 0.6) is 0 Å². The number of aromatic carboxylic acids is 1. The number of carboxylic acid groups (broad SMARTS) is 1. The van der Waals surface area contributed by atoms with Gasteiger partial charge in [0.2, 0.25) is 0 Å². The Morgan fingerprint density at radius 3 is 1.93 bits per heavy atom. The largest absolute Gasteiger partial charge is 0.476 e. The summed E-state index contributed by atoms with van der Waals surface area (Å²) in [4.78, 5) is 24.4. The van der Waals surface area contributed by atoms with Crippen molar-refractivity contribution >= 4 is 54.5 Å². The Labute approximate surface area is 452 Å². The molecule has 2 fully saturated rings. The van der Waals surface area contributed by atoms with E-state index in [1.807, 2.05) is 58.2 Å². The third kappa shape index (κ3) is 14.8. The van der Waals surface area contributed by atoms with Crippen LogP contribution in [-0.4, -0.2) is 97.6 Å². The van der Waals surface area contributed by atoms with Crippen LogP contribution in [0.1, 0.15) is 133 Å². The number of ether oxygens (including phenoxy) is 3. The second-order valence-corrected chi connectivity index (χ2v) is 29.9. The van der Waals surface area contributed by atoms with Crippen LogP contribution in [0.3, 0.4) is 0 Å². The number of amides is 1. The van der Waals surface area contributed by atoms with Crippen LogP contribution < -0.4 is 11.1 Å². The highest BCUT2D eigenvalue weighted by atomic mass is 35.5. The first-order valence-corrected chi connectivity index (χ1v) is 31.0. The van der Waals surface area contributed by atoms with Crippen molar-refractivity contribution < 1.29 is 28.9 Å². The van der Waals surface area contributed by atoms with Gasteiger partial charge in [-0.05, 0) is 128 Å². The Morgan fingerprint density at radius 1 is 0.827 bits per heavy atom. The van der Waals surface area contributed by atoms with Crippen LogP contribution in [0.15, 0.2) is 73.3 Å². The Hall–Kier alpha value is -5.30. The van der Waals surface area contributed by atoms with Gasteiger partial charge in [0, 0.05) is 86.1 Å². The molecule has 6 heterocycles. The van der Waals surface area contributed by atoms with Crippen molar-refractivity contribution in [1.29, 1.82) is 0 Å². The van der Waals surface area contributed by atoms with Gasteiger partial charge in [-0.25, -0.2) is 9.48 Å². The molecule has 404 valence electrons. The maximum Gasteiger partial charge on any atom is 0.356 e. The zero-order valence-electron chi connectivity index (χ0n) is 44.7. The summed E-state index contributed by atoms with van der Waals surface area (Å²) in [5.74, 6) is -0.266. The minimum absolute atomic E-state index is 0.0265. The van der Waals surface area contributed by atoms with Gasteiger partial charge in [-0.3, -0.25) is 19.3 Å². The molecule has 75 heavy (non-hydrogen) atoms. The molecule has 2 aliphatic heterocycles. The van der Waals surface area contributed by atoms with E-state index in [0.29, 0.717) is 40.7 Å². The number of nitrogens with zero attached hydrogens (tertiary/aromatic N) is 7. The summed E-state index contributed by atoms with van der Waals surface area (Å²) in [5.41, 5.74) is 14.6. The van der Waals surface area contributed by atoms with Gasteiger partial charge in [-0.2, -0.15) is 20.4 Å². The molecular formula is C56H76Cl2N10O6Si. The second-order valence-electron chi connectivity index (χ2n) is 23.5. The molecule has 6 aromatic rings. The van der Waals surface area contributed by atoms with Gasteiger partial charge in [-0.1, -0.05) is 94.8 Å². The van der Waals surface area contributed by atoms with Crippen molar-refractivity contribution in [2.45, 2.75) is 136 Å². The first kappa shape index (κ1) is 55.9. The van der Waals surface area contributed by atoms with Crippen molar-refractivity contribution in [2.24, 2.45) is 22.7 Å². The van der Waals surface area contributed by atoms with Gasteiger partial charge < -0.3 is 30.4 Å².